The molecule has 0 amide bonds. The Morgan fingerprint density at radius 2 is 2.29 bits per heavy atom. The molecule has 1 rings (SSSR count). The number of phenols is 1. The van der Waals surface area contributed by atoms with Crippen LogP contribution in [0.25, 0.3) is 0 Å². The van der Waals surface area contributed by atoms with Gasteiger partial charge < -0.3 is 15.1 Å². The summed E-state index contributed by atoms with van der Waals surface area (Å²) in [7, 11) is 1.24. The molecular formula is C8H9ClFNO3. The fraction of sp³-hybridized carbons (Fsp3) is 0.250. The molecular weight excluding hydrogens is 213 g/mol. The Hall–Kier alpha value is -1.04. The smallest absolute Gasteiger partial charge is 0.208 e. The van der Waals surface area contributed by atoms with Crippen molar-refractivity contribution in [3.63, 3.8) is 0 Å². The monoisotopic (exact) mass is 221 g/mol. The van der Waals surface area contributed by atoms with E-state index in [0.717, 1.165) is 0 Å². The van der Waals surface area contributed by atoms with Gasteiger partial charge in [-0.1, -0.05) is 11.6 Å². The summed E-state index contributed by atoms with van der Waals surface area (Å²) in [6.07, 6.45) is 0. The summed E-state index contributed by atoms with van der Waals surface area (Å²) in [5, 5.41) is 17.7. The number of hydroxylamine groups is 1. The van der Waals surface area contributed by atoms with Gasteiger partial charge in [0.2, 0.25) is 5.82 Å². The van der Waals surface area contributed by atoms with Crippen LogP contribution in [0.1, 0.15) is 5.56 Å². The van der Waals surface area contributed by atoms with Crippen molar-refractivity contribution >= 4 is 11.6 Å². The molecule has 1 aromatic rings. The Morgan fingerprint density at radius 1 is 1.64 bits per heavy atom. The lowest BCUT2D eigenvalue weighted by atomic mass is 10.2. The third-order valence-corrected chi connectivity index (χ3v) is 1.98. The normalized spacial score (nSPS) is 10.3. The van der Waals surface area contributed by atoms with Crippen LogP contribution in [0.2, 0.25) is 5.02 Å². The number of rotatable bonds is 3. The number of nitrogens with one attached hydrogen (secondary N) is 1. The van der Waals surface area contributed by atoms with Crippen LogP contribution in [0.5, 0.6) is 11.5 Å². The van der Waals surface area contributed by atoms with Gasteiger partial charge >= 0.3 is 0 Å². The van der Waals surface area contributed by atoms with Crippen molar-refractivity contribution < 1.29 is 19.4 Å². The van der Waals surface area contributed by atoms with Crippen molar-refractivity contribution in [3.05, 3.63) is 22.5 Å². The maximum Gasteiger partial charge on any atom is 0.208 e. The average Bonchev–Trinajstić information content (AvgIpc) is 2.15. The van der Waals surface area contributed by atoms with Gasteiger partial charge in [0.05, 0.1) is 12.1 Å². The lowest BCUT2D eigenvalue weighted by molar-refractivity contribution is 0.160. The van der Waals surface area contributed by atoms with Crippen LogP contribution in [0.15, 0.2) is 6.07 Å². The van der Waals surface area contributed by atoms with Crippen LogP contribution >= 0.6 is 11.6 Å². The predicted molar refractivity (Wildman–Crippen MR) is 48.3 cm³/mol. The van der Waals surface area contributed by atoms with Crippen LogP contribution < -0.4 is 10.2 Å². The molecule has 0 aliphatic heterocycles. The Kier molecular flexibility index (Phi) is 3.51. The molecule has 0 heterocycles. The molecule has 0 aliphatic carbocycles. The first kappa shape index (κ1) is 11.0. The summed E-state index contributed by atoms with van der Waals surface area (Å²) < 4.78 is 17.9. The quantitative estimate of drug-likeness (QED) is 0.680. The highest BCUT2D eigenvalue weighted by Gasteiger charge is 2.16. The third-order valence-electron chi connectivity index (χ3n) is 1.70. The molecule has 78 valence electrons. The average molecular weight is 222 g/mol. The van der Waals surface area contributed by atoms with Crippen LogP contribution in [0.3, 0.4) is 0 Å². The molecule has 0 bridgehead atoms. The number of halogens is 2. The molecule has 1 aromatic carbocycles. The molecule has 0 saturated carbocycles. The van der Waals surface area contributed by atoms with E-state index in [9.17, 15) is 9.50 Å². The molecule has 4 nitrogen and oxygen atoms in total. The Morgan fingerprint density at radius 3 is 2.79 bits per heavy atom. The van der Waals surface area contributed by atoms with Crippen molar-refractivity contribution in [2.75, 3.05) is 7.11 Å². The van der Waals surface area contributed by atoms with E-state index in [0.29, 0.717) is 0 Å². The Labute approximate surface area is 84.8 Å². The number of hydrogen-bond acceptors (Lipinski definition) is 4. The first-order valence-corrected chi connectivity index (χ1v) is 4.10. The van der Waals surface area contributed by atoms with Gasteiger partial charge in [-0.3, -0.25) is 0 Å². The fourth-order valence-electron chi connectivity index (χ4n) is 1.05. The predicted octanol–water partition coefficient (Wildman–Crippen LogP) is 1.67. The highest BCUT2D eigenvalue weighted by molar-refractivity contribution is 6.32. The van der Waals surface area contributed by atoms with Gasteiger partial charge in [-0.05, 0) is 6.07 Å². The summed E-state index contributed by atoms with van der Waals surface area (Å²) in [5.41, 5.74) is 1.94. The minimum absolute atomic E-state index is 0.0352. The first-order valence-electron chi connectivity index (χ1n) is 3.72. The van der Waals surface area contributed by atoms with E-state index in [4.69, 9.17) is 16.8 Å². The highest BCUT2D eigenvalue weighted by Crippen LogP contribution is 2.36. The van der Waals surface area contributed by atoms with E-state index in [1.165, 1.54) is 13.2 Å². The molecule has 14 heavy (non-hydrogen) atoms. The van der Waals surface area contributed by atoms with E-state index in [-0.39, 0.29) is 22.9 Å². The molecule has 0 spiro atoms. The second-order valence-electron chi connectivity index (χ2n) is 2.55. The minimum Gasteiger partial charge on any atom is -0.504 e. The van der Waals surface area contributed by atoms with Crippen LogP contribution in [-0.4, -0.2) is 17.4 Å². The summed E-state index contributed by atoms with van der Waals surface area (Å²) >= 11 is 5.66. The highest BCUT2D eigenvalue weighted by atomic mass is 35.5. The second kappa shape index (κ2) is 4.45. The standard InChI is InChI=1S/C8H9ClFNO3/c1-14-8-5(9)2-4(3-11-13)7(12)6(8)10/h2,11-13H,3H2,1H3. The van der Waals surface area contributed by atoms with Crippen molar-refractivity contribution in [3.8, 4) is 11.5 Å². The van der Waals surface area contributed by atoms with Crippen LogP contribution in [0, 0.1) is 5.82 Å². The molecule has 0 unspecified atom stereocenters. The van der Waals surface area contributed by atoms with Gasteiger partial charge in [0.15, 0.2) is 11.5 Å². The van der Waals surface area contributed by atoms with Crippen LogP contribution in [-0.2, 0) is 6.54 Å². The number of aromatic hydroxyl groups is 1. The van der Waals surface area contributed by atoms with Gasteiger partial charge in [0.1, 0.15) is 0 Å². The van der Waals surface area contributed by atoms with Crippen molar-refractivity contribution in [1.29, 1.82) is 0 Å². The van der Waals surface area contributed by atoms with Gasteiger partial charge in [-0.25, -0.2) is 5.48 Å². The summed E-state index contributed by atoms with van der Waals surface area (Å²) in [4.78, 5) is 0. The first-order chi connectivity index (χ1) is 6.61. The second-order valence-corrected chi connectivity index (χ2v) is 2.96. The van der Waals surface area contributed by atoms with Gasteiger partial charge in [0, 0.05) is 12.1 Å². The molecule has 0 aliphatic rings. The largest absolute Gasteiger partial charge is 0.504 e. The minimum atomic E-state index is -0.940. The zero-order chi connectivity index (χ0) is 10.7. The maximum absolute atomic E-state index is 13.3. The van der Waals surface area contributed by atoms with E-state index in [2.05, 4.69) is 4.74 Å². The number of ether oxygens (including phenoxy) is 1. The third kappa shape index (κ3) is 1.89. The zero-order valence-corrected chi connectivity index (χ0v) is 8.10. The topological polar surface area (TPSA) is 61.7 Å². The molecule has 0 atom stereocenters. The summed E-state index contributed by atoms with van der Waals surface area (Å²) in [6.45, 7) is -0.105. The SMILES string of the molecule is COc1c(Cl)cc(CNO)c(O)c1F. The summed E-state index contributed by atoms with van der Waals surface area (Å²) in [5.74, 6) is -1.75. The lowest BCUT2D eigenvalue weighted by Gasteiger charge is -2.09. The molecule has 0 aromatic heterocycles. The summed E-state index contributed by atoms with van der Waals surface area (Å²) in [6, 6.07) is 1.31. The van der Waals surface area contributed by atoms with Gasteiger partial charge in [0.25, 0.3) is 0 Å². The van der Waals surface area contributed by atoms with E-state index in [1.807, 2.05) is 0 Å². The molecule has 3 N–H and O–H groups in total. The van der Waals surface area contributed by atoms with Gasteiger partial charge in [-0.2, -0.15) is 4.39 Å². The molecule has 0 fully saturated rings. The van der Waals surface area contributed by atoms with E-state index >= 15 is 0 Å². The zero-order valence-electron chi connectivity index (χ0n) is 7.34. The van der Waals surface area contributed by atoms with Crippen molar-refractivity contribution in [2.45, 2.75) is 6.54 Å². The number of benzene rings is 1. The van der Waals surface area contributed by atoms with Crippen LogP contribution in [0.4, 0.5) is 4.39 Å². The Bertz CT molecular complexity index is 346. The molecule has 0 saturated heterocycles. The molecule has 6 heteroatoms. The lowest BCUT2D eigenvalue weighted by Crippen LogP contribution is -2.07. The van der Waals surface area contributed by atoms with Crippen molar-refractivity contribution in [2.24, 2.45) is 0 Å². The van der Waals surface area contributed by atoms with Crippen molar-refractivity contribution in [1.82, 2.24) is 5.48 Å². The van der Waals surface area contributed by atoms with E-state index in [1.54, 1.807) is 5.48 Å². The maximum atomic E-state index is 13.3. The number of methoxy groups -OCH3 is 1. The molecule has 0 radical (unpaired) electrons. The number of phenolic OH excluding ortho intramolecular Hbond substituents is 1. The number of hydrogen-bond donors (Lipinski definition) is 3. The van der Waals surface area contributed by atoms with E-state index < -0.39 is 11.6 Å². The van der Waals surface area contributed by atoms with Gasteiger partial charge in [-0.15, -0.1) is 0 Å². The fourth-order valence-corrected chi connectivity index (χ4v) is 1.34. The Balaban J connectivity index is 3.25.